The van der Waals surface area contributed by atoms with Gasteiger partial charge >= 0.3 is 11.6 Å². The zero-order valence-electron chi connectivity index (χ0n) is 11.7. The Morgan fingerprint density at radius 2 is 2.35 bits per heavy atom. The number of piperidine rings is 1. The molecule has 6 nitrogen and oxygen atoms in total. The first-order valence-electron chi connectivity index (χ1n) is 6.74. The fraction of sp³-hybridized carbons (Fsp3) is 0.571. The van der Waals surface area contributed by atoms with E-state index in [1.165, 1.54) is 6.92 Å². The maximum atomic E-state index is 12.3. The van der Waals surface area contributed by atoms with E-state index >= 15 is 0 Å². The third-order valence-electron chi connectivity index (χ3n) is 3.40. The van der Waals surface area contributed by atoms with Crippen molar-refractivity contribution in [3.8, 4) is 0 Å². The van der Waals surface area contributed by atoms with Crippen molar-refractivity contribution >= 4 is 11.8 Å². The molecule has 0 aromatic carbocycles. The van der Waals surface area contributed by atoms with Gasteiger partial charge in [-0.05, 0) is 32.1 Å². The lowest BCUT2D eigenvalue weighted by molar-refractivity contribution is -0.148. The van der Waals surface area contributed by atoms with Crippen LogP contribution in [0.5, 0.6) is 0 Å². The van der Waals surface area contributed by atoms with Crippen molar-refractivity contribution in [3.63, 3.8) is 0 Å². The van der Waals surface area contributed by atoms with E-state index < -0.39 is 17.4 Å². The molecular weight excluding hydrogens is 258 g/mol. The van der Waals surface area contributed by atoms with E-state index in [-0.39, 0.29) is 11.8 Å². The Hall–Kier alpha value is -2.16. The van der Waals surface area contributed by atoms with Crippen LogP contribution >= 0.6 is 0 Å². The Morgan fingerprint density at radius 3 is 2.90 bits per heavy atom. The third-order valence-corrected chi connectivity index (χ3v) is 3.40. The first-order chi connectivity index (χ1) is 9.52. The molecule has 1 fully saturated rings. The highest BCUT2D eigenvalue weighted by atomic mass is 16.3. The number of hydrogen-bond donors (Lipinski definition) is 1. The van der Waals surface area contributed by atoms with Crippen LogP contribution in [0.4, 0.5) is 0 Å². The monoisotopic (exact) mass is 278 g/mol. The van der Waals surface area contributed by atoms with Crippen LogP contribution in [0.1, 0.15) is 39.0 Å². The fourth-order valence-electron chi connectivity index (χ4n) is 2.33. The van der Waals surface area contributed by atoms with E-state index in [0.29, 0.717) is 13.0 Å². The highest BCUT2D eigenvalue weighted by Gasteiger charge is 2.39. The number of hydrogen-bond acceptors (Lipinski definition) is 4. The Kier molecular flexibility index (Phi) is 5.91. The van der Waals surface area contributed by atoms with E-state index in [9.17, 15) is 14.7 Å². The van der Waals surface area contributed by atoms with Gasteiger partial charge in [-0.3, -0.25) is 14.5 Å². The summed E-state index contributed by atoms with van der Waals surface area (Å²) in [5.74, 6) is -1.59. The molecule has 0 aromatic heterocycles. The predicted molar refractivity (Wildman–Crippen MR) is 73.9 cm³/mol. The molecule has 1 rings (SSSR count). The molecule has 1 N–H and O–H groups in total. The number of allylic oxidation sites excluding steroid dienone is 2. The van der Waals surface area contributed by atoms with Crippen LogP contribution in [0.25, 0.3) is 4.98 Å². The number of carbonyl (C=O) groups excluding carboxylic acids is 2. The average molecular weight is 278 g/mol. The Labute approximate surface area is 118 Å². The minimum atomic E-state index is -0.745. The molecule has 0 aromatic rings. The molecule has 1 atom stereocenters. The highest BCUT2D eigenvalue weighted by molar-refractivity contribution is 6.06. The number of aliphatic hydroxyl groups excluding tert-OH is 1. The van der Waals surface area contributed by atoms with Crippen molar-refractivity contribution in [2.24, 2.45) is 5.92 Å². The molecule has 1 heterocycles. The Morgan fingerprint density at radius 1 is 1.65 bits per heavy atom. The van der Waals surface area contributed by atoms with Gasteiger partial charge in [0.25, 0.3) is 0 Å². The van der Waals surface area contributed by atoms with Crippen LogP contribution in [0.3, 0.4) is 0 Å². The lowest BCUT2D eigenvalue weighted by atomic mass is 9.91. The van der Waals surface area contributed by atoms with Crippen molar-refractivity contribution in [1.29, 1.82) is 5.39 Å². The van der Waals surface area contributed by atoms with E-state index in [2.05, 4.69) is 11.6 Å². The number of diazo groups is 1. The quantitative estimate of drug-likeness (QED) is 0.275. The molecule has 1 aliphatic rings. The SMILES string of the molecule is C=CCCCC1CCCN(C(=O)/C([N+]#N)=C(/C)O)C1=O. The van der Waals surface area contributed by atoms with Gasteiger partial charge < -0.3 is 5.11 Å². The number of aliphatic hydroxyl groups is 1. The number of nitrogens with zero attached hydrogens (tertiary/aromatic N) is 3. The van der Waals surface area contributed by atoms with Gasteiger partial charge in [-0.15, -0.1) is 6.58 Å². The molecule has 20 heavy (non-hydrogen) atoms. The number of unbranched alkanes of at least 4 members (excludes halogenated alkanes) is 1. The Bertz CT molecular complexity index is 473. The molecule has 0 aliphatic carbocycles. The minimum absolute atomic E-state index is 0.188. The first-order valence-corrected chi connectivity index (χ1v) is 6.74. The van der Waals surface area contributed by atoms with E-state index in [1.807, 2.05) is 0 Å². The largest absolute Gasteiger partial charge is 0.505 e. The molecule has 6 heteroatoms. The van der Waals surface area contributed by atoms with Gasteiger partial charge in [-0.25, -0.2) is 0 Å². The topological polar surface area (TPSA) is 85.8 Å². The summed E-state index contributed by atoms with van der Waals surface area (Å²) < 4.78 is 0. The lowest BCUT2D eigenvalue weighted by Gasteiger charge is -2.29. The number of likely N-dealkylation sites (tertiary alicyclic amines) is 1. The summed E-state index contributed by atoms with van der Waals surface area (Å²) >= 11 is 0. The molecule has 108 valence electrons. The molecule has 0 bridgehead atoms. The fourth-order valence-corrected chi connectivity index (χ4v) is 2.33. The molecule has 1 saturated heterocycles. The van der Waals surface area contributed by atoms with E-state index in [0.717, 1.165) is 30.6 Å². The maximum absolute atomic E-state index is 12.3. The molecular formula is C14H20N3O3+. The summed E-state index contributed by atoms with van der Waals surface area (Å²) in [4.78, 5) is 28.2. The van der Waals surface area contributed by atoms with Crippen LogP contribution in [0, 0.1) is 11.3 Å². The molecule has 0 spiro atoms. The van der Waals surface area contributed by atoms with Gasteiger partial charge in [0.1, 0.15) is 0 Å². The van der Waals surface area contributed by atoms with Gasteiger partial charge in [0.2, 0.25) is 11.3 Å². The summed E-state index contributed by atoms with van der Waals surface area (Å²) in [5, 5.41) is 18.1. The molecule has 0 radical (unpaired) electrons. The van der Waals surface area contributed by atoms with Crippen molar-refractivity contribution in [1.82, 2.24) is 4.90 Å². The van der Waals surface area contributed by atoms with Crippen molar-refractivity contribution in [2.45, 2.75) is 39.0 Å². The van der Waals surface area contributed by atoms with Gasteiger partial charge in [-0.1, -0.05) is 6.08 Å². The van der Waals surface area contributed by atoms with Crippen molar-refractivity contribution in [2.75, 3.05) is 6.54 Å². The summed E-state index contributed by atoms with van der Waals surface area (Å²) in [6.45, 7) is 5.17. The predicted octanol–water partition coefficient (Wildman–Crippen LogP) is 2.75. The van der Waals surface area contributed by atoms with Crippen LogP contribution in [0.2, 0.25) is 0 Å². The first kappa shape index (κ1) is 15.9. The minimum Gasteiger partial charge on any atom is -0.505 e. The van der Waals surface area contributed by atoms with Crippen LogP contribution < -0.4 is 0 Å². The summed E-state index contributed by atoms with van der Waals surface area (Å²) in [6, 6.07) is 0. The normalized spacial score (nSPS) is 20.1. The van der Waals surface area contributed by atoms with Crippen molar-refractivity contribution in [3.05, 3.63) is 29.1 Å². The van der Waals surface area contributed by atoms with E-state index in [4.69, 9.17) is 5.39 Å². The second kappa shape index (κ2) is 7.43. The van der Waals surface area contributed by atoms with E-state index in [1.54, 1.807) is 6.08 Å². The summed E-state index contributed by atoms with van der Waals surface area (Å²) in [6.07, 6.45) is 5.68. The van der Waals surface area contributed by atoms with Crippen LogP contribution in [-0.4, -0.2) is 28.4 Å². The van der Waals surface area contributed by atoms with Crippen LogP contribution in [-0.2, 0) is 9.59 Å². The van der Waals surface area contributed by atoms with Gasteiger partial charge in [-0.2, -0.15) is 0 Å². The molecule has 1 unspecified atom stereocenters. The summed E-state index contributed by atoms with van der Waals surface area (Å²) in [5.41, 5.74) is -0.481. The smallest absolute Gasteiger partial charge is 0.485 e. The molecule has 0 saturated carbocycles. The lowest BCUT2D eigenvalue weighted by Crippen LogP contribution is -2.45. The second-order valence-electron chi connectivity index (χ2n) is 4.89. The zero-order chi connectivity index (χ0) is 15.1. The number of carbonyl (C=O) groups is 2. The molecule has 2 amide bonds. The number of imide groups is 1. The van der Waals surface area contributed by atoms with Gasteiger partial charge in [0.05, 0.1) is 0 Å². The maximum Gasteiger partial charge on any atom is 0.485 e. The zero-order valence-corrected chi connectivity index (χ0v) is 11.7. The van der Waals surface area contributed by atoms with Crippen molar-refractivity contribution < 1.29 is 14.7 Å². The Balaban J connectivity index is 2.79. The highest BCUT2D eigenvalue weighted by Crippen LogP contribution is 2.25. The average Bonchev–Trinajstić information content (AvgIpc) is 2.41. The molecule has 1 aliphatic heterocycles. The summed E-state index contributed by atoms with van der Waals surface area (Å²) in [7, 11) is 0. The van der Waals surface area contributed by atoms with Gasteiger partial charge in [0.15, 0.2) is 10.7 Å². The number of amides is 2. The van der Waals surface area contributed by atoms with Gasteiger partial charge in [0, 0.05) is 19.4 Å². The standard InChI is InChI=1S/C14H19N3O3/c1-3-4-5-7-11-8-6-9-17(13(11)19)14(20)12(16-15)10(2)18/h3,11H,1,4-9H2,2H3/p+1. The number of rotatable bonds is 5. The second-order valence-corrected chi connectivity index (χ2v) is 4.89. The third kappa shape index (κ3) is 3.67. The van der Waals surface area contributed by atoms with Crippen LogP contribution in [0.15, 0.2) is 24.1 Å².